The van der Waals surface area contributed by atoms with Gasteiger partial charge in [-0.25, -0.2) is 0 Å². The lowest BCUT2D eigenvalue weighted by Crippen LogP contribution is -2.24. The van der Waals surface area contributed by atoms with Crippen molar-refractivity contribution in [2.24, 2.45) is 5.92 Å². The maximum Gasteiger partial charge on any atom is 0.157 e. The molecule has 1 saturated heterocycles. The molecule has 1 aliphatic heterocycles. The highest BCUT2D eigenvalue weighted by atomic mass is 35.5. The molecular formula is C10H19ClO2. The van der Waals surface area contributed by atoms with Gasteiger partial charge in [-0.15, -0.1) is 11.6 Å². The molecule has 1 heterocycles. The predicted molar refractivity (Wildman–Crippen MR) is 54.0 cm³/mol. The molecule has 13 heavy (non-hydrogen) atoms. The standard InChI is InChI=1S/C10H19ClO2/c1-9(5-6-11)8-13-10-4-2-3-7-12-10/h9-10H,2-8H2,1H3. The molecule has 2 unspecified atom stereocenters. The smallest absolute Gasteiger partial charge is 0.157 e. The van der Waals surface area contributed by atoms with Gasteiger partial charge in [0, 0.05) is 12.5 Å². The Morgan fingerprint density at radius 2 is 2.38 bits per heavy atom. The second kappa shape index (κ2) is 6.63. The van der Waals surface area contributed by atoms with Gasteiger partial charge in [-0.1, -0.05) is 6.92 Å². The van der Waals surface area contributed by atoms with Gasteiger partial charge in [-0.3, -0.25) is 0 Å². The Morgan fingerprint density at radius 3 is 3.00 bits per heavy atom. The molecule has 2 atom stereocenters. The van der Waals surface area contributed by atoms with Crippen LogP contribution in [-0.2, 0) is 9.47 Å². The van der Waals surface area contributed by atoms with Crippen molar-refractivity contribution >= 4 is 11.6 Å². The molecule has 1 rings (SSSR count). The zero-order valence-electron chi connectivity index (χ0n) is 8.30. The Morgan fingerprint density at radius 1 is 1.54 bits per heavy atom. The van der Waals surface area contributed by atoms with Gasteiger partial charge in [-0.05, 0) is 31.6 Å². The molecular weight excluding hydrogens is 188 g/mol. The highest BCUT2D eigenvalue weighted by molar-refractivity contribution is 6.17. The number of halogens is 1. The summed E-state index contributed by atoms with van der Waals surface area (Å²) in [5.41, 5.74) is 0. The summed E-state index contributed by atoms with van der Waals surface area (Å²) in [5, 5.41) is 0. The van der Waals surface area contributed by atoms with Crippen molar-refractivity contribution in [2.75, 3.05) is 19.1 Å². The van der Waals surface area contributed by atoms with Crippen LogP contribution in [-0.4, -0.2) is 25.4 Å². The van der Waals surface area contributed by atoms with Crippen molar-refractivity contribution in [1.82, 2.24) is 0 Å². The lowest BCUT2D eigenvalue weighted by molar-refractivity contribution is -0.168. The van der Waals surface area contributed by atoms with Crippen LogP contribution in [0.15, 0.2) is 0 Å². The second-order valence-electron chi connectivity index (χ2n) is 3.71. The molecule has 0 bridgehead atoms. The summed E-state index contributed by atoms with van der Waals surface area (Å²) < 4.78 is 11.1. The molecule has 0 amide bonds. The first-order chi connectivity index (χ1) is 6.33. The fourth-order valence-corrected chi connectivity index (χ4v) is 1.76. The van der Waals surface area contributed by atoms with Crippen molar-refractivity contribution in [2.45, 2.75) is 38.9 Å². The van der Waals surface area contributed by atoms with Crippen LogP contribution in [0.1, 0.15) is 32.6 Å². The minimum absolute atomic E-state index is 0.0477. The third kappa shape index (κ3) is 4.84. The van der Waals surface area contributed by atoms with Gasteiger partial charge in [0.1, 0.15) is 0 Å². The zero-order chi connectivity index (χ0) is 9.52. The van der Waals surface area contributed by atoms with Crippen LogP contribution in [0.3, 0.4) is 0 Å². The Labute approximate surface area is 85.5 Å². The first-order valence-electron chi connectivity index (χ1n) is 5.12. The Kier molecular flexibility index (Phi) is 5.76. The minimum atomic E-state index is 0.0477. The SMILES string of the molecule is CC(CCCl)COC1CCCCO1. The Bertz CT molecular complexity index is 124. The van der Waals surface area contributed by atoms with E-state index in [0.29, 0.717) is 5.92 Å². The molecule has 0 aliphatic carbocycles. The summed E-state index contributed by atoms with van der Waals surface area (Å²) in [6.07, 6.45) is 4.53. The molecule has 1 fully saturated rings. The maximum absolute atomic E-state index is 5.63. The average Bonchev–Trinajstić information content (AvgIpc) is 2.17. The summed E-state index contributed by atoms with van der Waals surface area (Å²) in [6.45, 7) is 3.79. The van der Waals surface area contributed by atoms with Gasteiger partial charge in [0.25, 0.3) is 0 Å². The van der Waals surface area contributed by atoms with E-state index >= 15 is 0 Å². The van der Waals surface area contributed by atoms with E-state index in [-0.39, 0.29) is 6.29 Å². The number of ether oxygens (including phenoxy) is 2. The number of alkyl halides is 1. The van der Waals surface area contributed by atoms with Crippen LogP contribution in [0.5, 0.6) is 0 Å². The van der Waals surface area contributed by atoms with Gasteiger partial charge < -0.3 is 9.47 Å². The molecule has 2 nitrogen and oxygen atoms in total. The summed E-state index contributed by atoms with van der Waals surface area (Å²) in [4.78, 5) is 0. The van der Waals surface area contributed by atoms with Crippen molar-refractivity contribution in [1.29, 1.82) is 0 Å². The summed E-state index contributed by atoms with van der Waals surface area (Å²) in [5.74, 6) is 1.26. The van der Waals surface area contributed by atoms with E-state index in [1.807, 2.05) is 0 Å². The fourth-order valence-electron chi connectivity index (χ4n) is 1.38. The maximum atomic E-state index is 5.63. The van der Waals surface area contributed by atoms with Gasteiger partial charge >= 0.3 is 0 Å². The summed E-state index contributed by atoms with van der Waals surface area (Å²) in [6, 6.07) is 0. The average molecular weight is 207 g/mol. The summed E-state index contributed by atoms with van der Waals surface area (Å²) >= 11 is 5.63. The lowest BCUT2D eigenvalue weighted by atomic mass is 10.1. The molecule has 0 N–H and O–H groups in total. The second-order valence-corrected chi connectivity index (χ2v) is 4.09. The number of hydrogen-bond acceptors (Lipinski definition) is 2. The van der Waals surface area contributed by atoms with Crippen molar-refractivity contribution in [3.8, 4) is 0 Å². The van der Waals surface area contributed by atoms with E-state index in [4.69, 9.17) is 21.1 Å². The van der Waals surface area contributed by atoms with E-state index in [2.05, 4.69) is 6.92 Å². The molecule has 78 valence electrons. The molecule has 0 aromatic carbocycles. The fraction of sp³-hybridized carbons (Fsp3) is 1.00. The van der Waals surface area contributed by atoms with Crippen molar-refractivity contribution < 1.29 is 9.47 Å². The molecule has 0 saturated carbocycles. The Hall–Kier alpha value is 0.210. The van der Waals surface area contributed by atoms with E-state index < -0.39 is 0 Å². The van der Waals surface area contributed by atoms with E-state index in [9.17, 15) is 0 Å². The van der Waals surface area contributed by atoms with Crippen LogP contribution >= 0.6 is 11.6 Å². The highest BCUT2D eigenvalue weighted by Crippen LogP contribution is 2.15. The molecule has 1 aliphatic rings. The Balaban J connectivity index is 2.03. The van der Waals surface area contributed by atoms with Crippen LogP contribution in [0.2, 0.25) is 0 Å². The van der Waals surface area contributed by atoms with Gasteiger partial charge in [0.05, 0.1) is 6.61 Å². The van der Waals surface area contributed by atoms with Crippen LogP contribution in [0, 0.1) is 5.92 Å². The van der Waals surface area contributed by atoms with Gasteiger partial charge in [0.2, 0.25) is 0 Å². The molecule has 0 radical (unpaired) electrons. The van der Waals surface area contributed by atoms with Crippen molar-refractivity contribution in [3.63, 3.8) is 0 Å². The van der Waals surface area contributed by atoms with Crippen LogP contribution < -0.4 is 0 Å². The number of hydrogen-bond donors (Lipinski definition) is 0. The van der Waals surface area contributed by atoms with Gasteiger partial charge in [-0.2, -0.15) is 0 Å². The van der Waals surface area contributed by atoms with E-state index in [1.165, 1.54) is 12.8 Å². The van der Waals surface area contributed by atoms with Crippen molar-refractivity contribution in [3.05, 3.63) is 0 Å². The monoisotopic (exact) mass is 206 g/mol. The molecule has 0 aromatic rings. The first kappa shape index (κ1) is 11.3. The molecule has 3 heteroatoms. The molecule has 0 aromatic heterocycles. The zero-order valence-corrected chi connectivity index (χ0v) is 9.05. The lowest BCUT2D eigenvalue weighted by Gasteiger charge is -2.24. The predicted octanol–water partition coefficient (Wildman–Crippen LogP) is 2.79. The first-order valence-corrected chi connectivity index (χ1v) is 5.65. The third-order valence-corrected chi connectivity index (χ3v) is 2.52. The third-order valence-electron chi connectivity index (χ3n) is 2.31. The quantitative estimate of drug-likeness (QED) is 0.644. The largest absolute Gasteiger partial charge is 0.353 e. The van der Waals surface area contributed by atoms with E-state index in [1.54, 1.807) is 0 Å². The van der Waals surface area contributed by atoms with E-state index in [0.717, 1.165) is 31.9 Å². The number of rotatable bonds is 5. The molecule has 0 spiro atoms. The topological polar surface area (TPSA) is 18.5 Å². The highest BCUT2D eigenvalue weighted by Gasteiger charge is 2.14. The van der Waals surface area contributed by atoms with Crippen LogP contribution in [0.4, 0.5) is 0 Å². The summed E-state index contributed by atoms with van der Waals surface area (Å²) in [7, 11) is 0. The normalized spacial score (nSPS) is 25.8. The minimum Gasteiger partial charge on any atom is -0.353 e. The van der Waals surface area contributed by atoms with Crippen LogP contribution in [0.25, 0.3) is 0 Å². The van der Waals surface area contributed by atoms with Gasteiger partial charge in [0.15, 0.2) is 6.29 Å².